The number of aromatic hydroxyl groups is 1. The molecule has 8 nitrogen and oxygen atoms in total. The zero-order chi connectivity index (χ0) is 20.4. The van der Waals surface area contributed by atoms with Crippen LogP contribution in [0.15, 0.2) is 24.3 Å². The molecule has 0 radical (unpaired) electrons. The van der Waals surface area contributed by atoms with Crippen LogP contribution in [0.1, 0.15) is 12.0 Å². The van der Waals surface area contributed by atoms with E-state index in [9.17, 15) is 19.5 Å². The van der Waals surface area contributed by atoms with Gasteiger partial charge in [0, 0.05) is 12.2 Å². The number of phenolic OH excluding ortho intramolecular Hbond substituents is 1. The van der Waals surface area contributed by atoms with Gasteiger partial charge in [0.1, 0.15) is 17.8 Å². The fourth-order valence-corrected chi connectivity index (χ4v) is 2.93. The molecule has 2 amide bonds. The molecule has 0 bridgehead atoms. The number of amides is 2. The van der Waals surface area contributed by atoms with Gasteiger partial charge in [0.15, 0.2) is 0 Å². The molecule has 1 aromatic carbocycles. The Kier molecular flexibility index (Phi) is 10.0. The highest BCUT2D eigenvalue weighted by Crippen LogP contribution is 2.12. The van der Waals surface area contributed by atoms with Gasteiger partial charge in [0.25, 0.3) is 0 Å². The first-order valence-electron chi connectivity index (χ1n) is 8.25. The smallest absolute Gasteiger partial charge is 0.327 e. The molecule has 3 unspecified atom stereocenters. The van der Waals surface area contributed by atoms with Crippen LogP contribution in [0.25, 0.3) is 0 Å². The number of hydrogen-bond acceptors (Lipinski definition) is 7. The summed E-state index contributed by atoms with van der Waals surface area (Å²) >= 11 is 5.47. The molecule has 27 heavy (non-hydrogen) atoms. The molecule has 6 N–H and O–H groups in total. The number of carbonyl (C=O) groups excluding carboxylic acids is 2. The van der Waals surface area contributed by atoms with E-state index in [0.717, 1.165) is 0 Å². The first kappa shape index (κ1) is 23.1. The van der Waals surface area contributed by atoms with Crippen molar-refractivity contribution in [2.24, 2.45) is 5.73 Å². The Hall–Kier alpha value is -1.91. The van der Waals surface area contributed by atoms with Crippen molar-refractivity contribution in [3.05, 3.63) is 29.8 Å². The lowest BCUT2D eigenvalue weighted by Gasteiger charge is -2.22. The number of carbonyl (C=O) groups is 3. The van der Waals surface area contributed by atoms with Gasteiger partial charge in [-0.2, -0.15) is 24.4 Å². The number of thiol groups is 1. The summed E-state index contributed by atoms with van der Waals surface area (Å²) in [5.41, 5.74) is 6.53. The maximum atomic E-state index is 12.5. The van der Waals surface area contributed by atoms with Gasteiger partial charge in [0.2, 0.25) is 11.8 Å². The molecule has 0 heterocycles. The Bertz CT molecular complexity index is 642. The van der Waals surface area contributed by atoms with Crippen molar-refractivity contribution in [3.8, 4) is 5.75 Å². The molecule has 3 atom stereocenters. The molecule has 10 heteroatoms. The van der Waals surface area contributed by atoms with Gasteiger partial charge in [-0.05, 0) is 36.1 Å². The number of nitrogens with one attached hydrogen (secondary N) is 2. The minimum atomic E-state index is -1.22. The lowest BCUT2D eigenvalue weighted by molar-refractivity contribution is -0.141. The van der Waals surface area contributed by atoms with E-state index in [-0.39, 0.29) is 17.9 Å². The van der Waals surface area contributed by atoms with Crippen molar-refractivity contribution in [1.82, 2.24) is 10.6 Å². The van der Waals surface area contributed by atoms with Crippen molar-refractivity contribution >= 4 is 42.2 Å². The predicted molar refractivity (Wildman–Crippen MR) is 108 cm³/mol. The third kappa shape index (κ3) is 8.10. The monoisotopic (exact) mass is 415 g/mol. The molecule has 0 saturated carbocycles. The number of aliphatic carboxylic acids is 1. The largest absolute Gasteiger partial charge is 0.508 e. The lowest BCUT2D eigenvalue weighted by Crippen LogP contribution is -2.55. The Balaban J connectivity index is 2.90. The quantitative estimate of drug-likeness (QED) is 0.279. The number of benzene rings is 1. The zero-order valence-electron chi connectivity index (χ0n) is 14.9. The van der Waals surface area contributed by atoms with Crippen LogP contribution in [0, 0.1) is 0 Å². The summed E-state index contributed by atoms with van der Waals surface area (Å²) in [5, 5.41) is 23.4. The van der Waals surface area contributed by atoms with Crippen LogP contribution < -0.4 is 16.4 Å². The minimum Gasteiger partial charge on any atom is -0.508 e. The van der Waals surface area contributed by atoms with E-state index in [0.29, 0.717) is 17.7 Å². The summed E-state index contributed by atoms with van der Waals surface area (Å²) < 4.78 is 0. The summed E-state index contributed by atoms with van der Waals surface area (Å²) in [7, 11) is 0. The van der Waals surface area contributed by atoms with Crippen molar-refractivity contribution in [1.29, 1.82) is 0 Å². The van der Waals surface area contributed by atoms with E-state index in [1.807, 2.05) is 6.26 Å². The van der Waals surface area contributed by atoms with Crippen LogP contribution in [0.3, 0.4) is 0 Å². The molecular weight excluding hydrogens is 390 g/mol. The van der Waals surface area contributed by atoms with Crippen molar-refractivity contribution in [2.75, 3.05) is 17.8 Å². The Morgan fingerprint density at radius 3 is 2.26 bits per heavy atom. The zero-order valence-corrected chi connectivity index (χ0v) is 16.6. The molecule has 0 aliphatic carbocycles. The Labute approximate surface area is 167 Å². The van der Waals surface area contributed by atoms with Crippen LogP contribution in [0.5, 0.6) is 5.75 Å². The van der Waals surface area contributed by atoms with E-state index in [1.165, 1.54) is 12.1 Å². The summed E-state index contributed by atoms with van der Waals surface area (Å²) in [5.74, 6) is -1.66. The summed E-state index contributed by atoms with van der Waals surface area (Å²) in [6.45, 7) is 0. The highest BCUT2D eigenvalue weighted by atomic mass is 32.2. The summed E-state index contributed by atoms with van der Waals surface area (Å²) in [6.07, 6.45) is 2.47. The number of carboxylic acid groups (broad SMARTS) is 1. The summed E-state index contributed by atoms with van der Waals surface area (Å²) in [4.78, 5) is 36.0. The Morgan fingerprint density at radius 1 is 1.15 bits per heavy atom. The maximum absolute atomic E-state index is 12.5. The van der Waals surface area contributed by atoms with E-state index < -0.39 is 35.9 Å². The van der Waals surface area contributed by atoms with Crippen molar-refractivity contribution in [2.45, 2.75) is 31.0 Å². The topological polar surface area (TPSA) is 142 Å². The molecule has 0 saturated heterocycles. The molecule has 1 aromatic rings. The van der Waals surface area contributed by atoms with Gasteiger partial charge in [-0.25, -0.2) is 4.79 Å². The van der Waals surface area contributed by atoms with E-state index in [2.05, 4.69) is 23.3 Å². The van der Waals surface area contributed by atoms with E-state index >= 15 is 0 Å². The van der Waals surface area contributed by atoms with Gasteiger partial charge < -0.3 is 26.6 Å². The van der Waals surface area contributed by atoms with E-state index in [1.54, 1.807) is 23.9 Å². The number of carboxylic acids is 1. The third-order valence-electron chi connectivity index (χ3n) is 3.78. The molecule has 0 spiro atoms. The number of phenols is 1. The van der Waals surface area contributed by atoms with Gasteiger partial charge in [-0.3, -0.25) is 9.59 Å². The Morgan fingerprint density at radius 2 is 1.74 bits per heavy atom. The third-order valence-corrected chi connectivity index (χ3v) is 4.79. The first-order valence-corrected chi connectivity index (χ1v) is 10.3. The fourth-order valence-electron chi connectivity index (χ4n) is 2.19. The summed E-state index contributed by atoms with van der Waals surface area (Å²) in [6, 6.07) is 3.20. The second-order valence-corrected chi connectivity index (χ2v) is 7.25. The highest BCUT2D eigenvalue weighted by molar-refractivity contribution is 7.98. The number of hydrogen-bond donors (Lipinski definition) is 6. The van der Waals surface area contributed by atoms with Crippen molar-refractivity contribution < 1.29 is 24.6 Å². The van der Waals surface area contributed by atoms with Crippen LogP contribution in [0.4, 0.5) is 0 Å². The van der Waals surface area contributed by atoms with Crippen LogP contribution in [-0.4, -0.2) is 63.9 Å². The van der Waals surface area contributed by atoms with Crippen molar-refractivity contribution in [3.63, 3.8) is 0 Å². The number of rotatable bonds is 11. The average Bonchev–Trinajstić information content (AvgIpc) is 2.64. The van der Waals surface area contributed by atoms with Gasteiger partial charge in [-0.15, -0.1) is 0 Å². The molecule has 0 aliphatic heterocycles. The van der Waals surface area contributed by atoms with Crippen LogP contribution in [0.2, 0.25) is 0 Å². The molecule has 0 aromatic heterocycles. The normalized spacial score (nSPS) is 14.0. The second-order valence-electron chi connectivity index (χ2n) is 5.90. The average molecular weight is 416 g/mol. The van der Waals surface area contributed by atoms with Gasteiger partial charge in [-0.1, -0.05) is 12.1 Å². The van der Waals surface area contributed by atoms with E-state index in [4.69, 9.17) is 10.8 Å². The fraction of sp³-hybridized carbons (Fsp3) is 0.471. The molecule has 1 rings (SSSR count). The molecule has 0 fully saturated rings. The number of nitrogens with two attached hydrogens (primary N) is 1. The molecule has 0 aliphatic rings. The predicted octanol–water partition coefficient (Wildman–Crippen LogP) is -0.000900. The first-order chi connectivity index (χ1) is 12.8. The minimum absolute atomic E-state index is 0.0730. The number of thioether (sulfide) groups is 1. The SMILES string of the molecule is CSCCC(N)C(=O)NC(Cc1ccc(O)cc1)C(=O)NC(CS)C(=O)O. The van der Waals surface area contributed by atoms with Crippen LogP contribution in [-0.2, 0) is 20.8 Å². The van der Waals surface area contributed by atoms with Crippen LogP contribution >= 0.6 is 24.4 Å². The standard InChI is InChI=1S/C17H25N3O5S2/c1-27-7-6-12(18)15(22)19-13(8-10-2-4-11(21)5-3-10)16(23)20-14(9-26)17(24)25/h2-5,12-14,21,26H,6-9,18H2,1H3,(H,19,22)(H,20,23)(H,24,25). The van der Waals surface area contributed by atoms with Gasteiger partial charge >= 0.3 is 5.97 Å². The second kappa shape index (κ2) is 11.7. The maximum Gasteiger partial charge on any atom is 0.327 e. The van der Waals surface area contributed by atoms with Gasteiger partial charge in [0.05, 0.1) is 6.04 Å². The highest BCUT2D eigenvalue weighted by Gasteiger charge is 2.27. The molecule has 150 valence electrons. The lowest BCUT2D eigenvalue weighted by atomic mass is 10.0. The molecular formula is C17H25N3O5S2.